The molecule has 2 aliphatic rings. The van der Waals surface area contributed by atoms with Crippen LogP contribution < -0.4 is 10.6 Å². The maximum Gasteiger partial charge on any atom is 0.0639 e. The summed E-state index contributed by atoms with van der Waals surface area (Å²) in [6.07, 6.45) is 14.2. The molecule has 0 unspecified atom stereocenters. The third-order valence-electron chi connectivity index (χ3n) is 5.08. The molecule has 2 aromatic carbocycles. The van der Waals surface area contributed by atoms with Crippen molar-refractivity contribution < 1.29 is 0 Å². The average Bonchev–Trinajstić information content (AvgIpc) is 3.19. The second kappa shape index (κ2) is 8.72. The van der Waals surface area contributed by atoms with E-state index < -0.39 is 7.92 Å². The van der Waals surface area contributed by atoms with Gasteiger partial charge in [-0.25, -0.2) is 0 Å². The molecule has 0 spiro atoms. The fraction of sp³-hybridized carbons (Fsp3) is 0.154. The Morgan fingerprint density at radius 1 is 0.893 bits per heavy atom. The zero-order valence-corrected chi connectivity index (χ0v) is 17.3. The lowest BCUT2D eigenvalue weighted by atomic mass is 9.92. The van der Waals surface area contributed by atoms with Crippen LogP contribution in [-0.2, 0) is 0 Å². The third kappa shape index (κ3) is 3.89. The van der Waals surface area contributed by atoms with Gasteiger partial charge in [0.05, 0.1) is 6.04 Å². The van der Waals surface area contributed by atoms with E-state index >= 15 is 0 Å². The highest BCUT2D eigenvalue weighted by Gasteiger charge is 2.30. The predicted octanol–water partition coefficient (Wildman–Crippen LogP) is 5.12. The SMILES string of the molecule is CN(C)[C@@H](C1=C=CC=C1P(c1ccccc1)c1ccccc1)C1=C[CH]C=CC1. The Morgan fingerprint density at radius 2 is 1.54 bits per heavy atom. The van der Waals surface area contributed by atoms with Gasteiger partial charge in [0.15, 0.2) is 0 Å². The van der Waals surface area contributed by atoms with Gasteiger partial charge in [0.2, 0.25) is 0 Å². The van der Waals surface area contributed by atoms with Crippen molar-refractivity contribution in [1.29, 1.82) is 0 Å². The molecule has 1 atom stereocenters. The molecule has 1 nitrogen and oxygen atoms in total. The van der Waals surface area contributed by atoms with Crippen molar-refractivity contribution in [2.75, 3.05) is 14.1 Å². The van der Waals surface area contributed by atoms with E-state index in [2.05, 4.69) is 122 Å². The molecular weight excluding hydrogens is 357 g/mol. The molecule has 2 heteroatoms. The highest BCUT2D eigenvalue weighted by molar-refractivity contribution is 7.77. The third-order valence-corrected chi connectivity index (χ3v) is 7.58. The van der Waals surface area contributed by atoms with E-state index in [1.165, 1.54) is 27.1 Å². The van der Waals surface area contributed by atoms with Crippen LogP contribution in [-0.4, -0.2) is 25.0 Å². The molecule has 0 saturated carbocycles. The van der Waals surface area contributed by atoms with Crippen molar-refractivity contribution in [2.24, 2.45) is 0 Å². The van der Waals surface area contributed by atoms with Crippen LogP contribution in [0.5, 0.6) is 0 Å². The Balaban J connectivity index is 1.77. The second-order valence-electron chi connectivity index (χ2n) is 7.22. The summed E-state index contributed by atoms with van der Waals surface area (Å²) in [5.41, 5.74) is 6.33. The molecule has 0 aliphatic heterocycles. The lowest BCUT2D eigenvalue weighted by molar-refractivity contribution is 0.366. The van der Waals surface area contributed by atoms with Gasteiger partial charge in [-0.05, 0) is 62.1 Å². The minimum atomic E-state index is -0.621. The van der Waals surface area contributed by atoms with Gasteiger partial charge >= 0.3 is 0 Å². The summed E-state index contributed by atoms with van der Waals surface area (Å²) in [4.78, 5) is 2.32. The van der Waals surface area contributed by atoms with Crippen molar-refractivity contribution >= 4 is 18.5 Å². The molecule has 28 heavy (non-hydrogen) atoms. The summed E-state index contributed by atoms with van der Waals surface area (Å²) < 4.78 is 0. The molecule has 139 valence electrons. The summed E-state index contributed by atoms with van der Waals surface area (Å²) in [5.74, 6) is 0. The maximum atomic E-state index is 3.60. The smallest absolute Gasteiger partial charge is 0.0639 e. The first-order valence-corrected chi connectivity index (χ1v) is 11.0. The van der Waals surface area contributed by atoms with Crippen LogP contribution in [0.15, 0.2) is 113 Å². The van der Waals surface area contributed by atoms with Gasteiger partial charge in [0.25, 0.3) is 0 Å². The summed E-state index contributed by atoms with van der Waals surface area (Å²) in [5, 5.41) is 4.17. The zero-order chi connectivity index (χ0) is 19.3. The van der Waals surface area contributed by atoms with Crippen LogP contribution in [0.3, 0.4) is 0 Å². The highest BCUT2D eigenvalue weighted by atomic mass is 31.1. The van der Waals surface area contributed by atoms with Gasteiger partial charge in [-0.1, -0.05) is 78.9 Å². The molecule has 0 saturated heterocycles. The molecule has 4 rings (SSSR count). The maximum absolute atomic E-state index is 3.60. The van der Waals surface area contributed by atoms with E-state index in [9.17, 15) is 0 Å². The Kier molecular flexibility index (Phi) is 5.89. The molecule has 0 heterocycles. The fourth-order valence-electron chi connectivity index (χ4n) is 3.88. The van der Waals surface area contributed by atoms with E-state index in [4.69, 9.17) is 0 Å². The molecule has 0 N–H and O–H groups in total. The number of allylic oxidation sites excluding steroid dienone is 4. The summed E-state index contributed by atoms with van der Waals surface area (Å²) in [6.45, 7) is 0. The molecule has 0 fully saturated rings. The van der Waals surface area contributed by atoms with Crippen molar-refractivity contribution in [3.63, 3.8) is 0 Å². The Labute approximate surface area is 169 Å². The Bertz CT molecular complexity index is 934. The number of hydrogen-bond donors (Lipinski definition) is 0. The minimum Gasteiger partial charge on any atom is -0.298 e. The lowest BCUT2D eigenvalue weighted by Crippen LogP contribution is -2.33. The molecule has 0 amide bonds. The van der Waals surface area contributed by atoms with E-state index in [1.807, 2.05) is 0 Å². The van der Waals surface area contributed by atoms with Crippen LogP contribution in [0.4, 0.5) is 0 Å². The predicted molar refractivity (Wildman–Crippen MR) is 122 cm³/mol. The second-order valence-corrected chi connectivity index (χ2v) is 9.40. The average molecular weight is 382 g/mol. The molecule has 2 aliphatic carbocycles. The summed E-state index contributed by atoms with van der Waals surface area (Å²) in [6, 6.07) is 22.1. The van der Waals surface area contributed by atoms with E-state index in [0.29, 0.717) is 0 Å². The number of nitrogens with zero attached hydrogens (tertiary/aromatic N) is 1. The quantitative estimate of drug-likeness (QED) is 0.495. The molecular formula is C26H25NP. The van der Waals surface area contributed by atoms with Crippen molar-refractivity contribution in [1.82, 2.24) is 4.90 Å². The number of benzene rings is 2. The first-order valence-electron chi connectivity index (χ1n) is 9.68. The first-order chi connectivity index (χ1) is 13.8. The largest absolute Gasteiger partial charge is 0.298 e. The van der Waals surface area contributed by atoms with E-state index in [0.717, 1.165) is 6.42 Å². The molecule has 2 aromatic rings. The van der Waals surface area contributed by atoms with Gasteiger partial charge in [-0.2, -0.15) is 0 Å². The Hall–Kier alpha value is -2.43. The van der Waals surface area contributed by atoms with E-state index in [-0.39, 0.29) is 6.04 Å². The summed E-state index contributed by atoms with van der Waals surface area (Å²) >= 11 is 0. The zero-order valence-electron chi connectivity index (χ0n) is 16.4. The monoisotopic (exact) mass is 382 g/mol. The topological polar surface area (TPSA) is 3.24 Å². The molecule has 1 radical (unpaired) electrons. The minimum absolute atomic E-state index is 0.239. The van der Waals surface area contributed by atoms with Crippen LogP contribution in [0.25, 0.3) is 0 Å². The van der Waals surface area contributed by atoms with Crippen LogP contribution in [0, 0.1) is 6.42 Å². The lowest BCUT2D eigenvalue weighted by Gasteiger charge is -2.32. The van der Waals surface area contributed by atoms with Crippen molar-refractivity contribution in [2.45, 2.75) is 12.5 Å². The van der Waals surface area contributed by atoms with Crippen LogP contribution in [0.1, 0.15) is 6.42 Å². The standard InChI is InChI=1S/C26H25NP/c1-27(2)26(21-13-6-3-7-14-21)24-19-12-20-25(24)28(22-15-8-4-9-16-22)23-17-10-5-11-18-23/h3-13,15-18,20,26H,14H2,1-2H3/t26-/m1/s1. The molecule has 0 aromatic heterocycles. The van der Waals surface area contributed by atoms with Gasteiger partial charge < -0.3 is 0 Å². The van der Waals surface area contributed by atoms with Gasteiger partial charge in [0.1, 0.15) is 0 Å². The van der Waals surface area contributed by atoms with Gasteiger partial charge in [0, 0.05) is 12.0 Å². The molecule has 0 bridgehead atoms. The van der Waals surface area contributed by atoms with Gasteiger partial charge in [-0.3, -0.25) is 4.90 Å². The Morgan fingerprint density at radius 3 is 2.07 bits per heavy atom. The number of likely N-dealkylation sites (N-methyl/N-ethyl adjacent to an activating group) is 1. The highest BCUT2D eigenvalue weighted by Crippen LogP contribution is 2.49. The fourth-order valence-corrected chi connectivity index (χ4v) is 6.32. The number of hydrogen-bond acceptors (Lipinski definition) is 1. The number of rotatable bonds is 6. The van der Waals surface area contributed by atoms with E-state index in [1.54, 1.807) is 0 Å². The van der Waals surface area contributed by atoms with Crippen LogP contribution >= 0.6 is 7.92 Å². The van der Waals surface area contributed by atoms with Gasteiger partial charge in [-0.15, -0.1) is 5.73 Å². The normalized spacial score (nSPS) is 16.9. The summed E-state index contributed by atoms with van der Waals surface area (Å²) in [7, 11) is 3.72. The van der Waals surface area contributed by atoms with Crippen LogP contribution in [0.2, 0.25) is 0 Å². The van der Waals surface area contributed by atoms with Crippen molar-refractivity contribution in [3.05, 3.63) is 120 Å². The van der Waals surface area contributed by atoms with Crippen molar-refractivity contribution in [3.8, 4) is 0 Å². The first kappa shape index (κ1) is 18.9.